The molecule has 5 nitrogen and oxygen atoms in total. The topological polar surface area (TPSA) is 51.0 Å². The van der Waals surface area contributed by atoms with Crippen LogP contribution in [0.15, 0.2) is 22.7 Å². The number of hydrogen-bond acceptors (Lipinski definition) is 5. The molecule has 7 heteroatoms. The molecule has 0 aromatic carbocycles. The second-order valence-electron chi connectivity index (χ2n) is 7.23. The van der Waals surface area contributed by atoms with Crippen LogP contribution in [0.2, 0.25) is 0 Å². The molecule has 2 unspecified atom stereocenters. The lowest BCUT2D eigenvalue weighted by molar-refractivity contribution is -0.134. The Hall–Kier alpha value is -1.34. The first-order valence-electron chi connectivity index (χ1n) is 9.65. The molecule has 0 spiro atoms. The molecule has 1 saturated carbocycles. The maximum Gasteiger partial charge on any atom is 0.236 e. The van der Waals surface area contributed by atoms with Crippen LogP contribution in [0.1, 0.15) is 58.4 Å². The molecule has 1 aliphatic heterocycles. The molecule has 0 radical (unpaired) electrons. The fourth-order valence-corrected chi connectivity index (χ4v) is 5.45. The number of rotatable bonds is 6. The first-order chi connectivity index (χ1) is 12.7. The van der Waals surface area contributed by atoms with E-state index in [1.807, 2.05) is 13.0 Å². The van der Waals surface area contributed by atoms with Crippen molar-refractivity contribution in [1.82, 2.24) is 19.7 Å². The van der Waals surface area contributed by atoms with Crippen LogP contribution >= 0.6 is 23.1 Å². The average molecular weight is 391 g/mol. The molecule has 140 valence electrons. The lowest BCUT2D eigenvalue weighted by Crippen LogP contribution is -2.46. The number of amides is 1. The maximum atomic E-state index is 13.1. The highest BCUT2D eigenvalue weighted by Gasteiger charge is 2.34. The molecule has 2 aromatic heterocycles. The Labute approximate surface area is 163 Å². The number of thiophene rings is 1. The van der Waals surface area contributed by atoms with Crippen molar-refractivity contribution in [3.63, 3.8) is 0 Å². The van der Waals surface area contributed by atoms with Crippen LogP contribution in [0.5, 0.6) is 0 Å². The van der Waals surface area contributed by atoms with Crippen LogP contribution in [0.3, 0.4) is 0 Å². The van der Waals surface area contributed by atoms with E-state index in [0.717, 1.165) is 41.7 Å². The third-order valence-electron chi connectivity index (χ3n) is 5.33. The van der Waals surface area contributed by atoms with Crippen molar-refractivity contribution < 1.29 is 4.79 Å². The number of aromatic nitrogens is 3. The zero-order valence-electron chi connectivity index (χ0n) is 15.4. The summed E-state index contributed by atoms with van der Waals surface area (Å²) in [5.74, 6) is 1.21. The van der Waals surface area contributed by atoms with E-state index >= 15 is 0 Å². The molecule has 0 bridgehead atoms. The largest absolute Gasteiger partial charge is 0.339 e. The van der Waals surface area contributed by atoms with Crippen molar-refractivity contribution in [2.45, 2.75) is 74.9 Å². The van der Waals surface area contributed by atoms with E-state index in [0.29, 0.717) is 12.1 Å². The molecule has 2 fully saturated rings. The summed E-state index contributed by atoms with van der Waals surface area (Å²) in [5, 5.41) is 11.7. The summed E-state index contributed by atoms with van der Waals surface area (Å²) in [6.07, 6.45) is 6.90. The molecule has 2 atom stereocenters. The Kier molecular flexibility index (Phi) is 5.36. The van der Waals surface area contributed by atoms with Crippen molar-refractivity contribution in [2.24, 2.45) is 0 Å². The van der Waals surface area contributed by atoms with Crippen LogP contribution in [0, 0.1) is 0 Å². The predicted octanol–water partition coefficient (Wildman–Crippen LogP) is 4.61. The Morgan fingerprint density at radius 1 is 1.35 bits per heavy atom. The van der Waals surface area contributed by atoms with Gasteiger partial charge in [-0.25, -0.2) is 0 Å². The number of piperidine rings is 1. The van der Waals surface area contributed by atoms with E-state index in [1.54, 1.807) is 23.1 Å². The van der Waals surface area contributed by atoms with Crippen LogP contribution in [-0.4, -0.2) is 43.4 Å². The number of carbonyl (C=O) groups excluding carboxylic acids is 1. The maximum absolute atomic E-state index is 13.1. The molecular weight excluding hydrogens is 364 g/mol. The first kappa shape index (κ1) is 18.0. The summed E-state index contributed by atoms with van der Waals surface area (Å²) in [6.45, 7) is 5.11. The van der Waals surface area contributed by atoms with Gasteiger partial charge in [-0.05, 0) is 56.9 Å². The van der Waals surface area contributed by atoms with Gasteiger partial charge in [0.25, 0.3) is 0 Å². The molecule has 3 heterocycles. The Balaban J connectivity index is 1.52. The van der Waals surface area contributed by atoms with Gasteiger partial charge in [-0.1, -0.05) is 24.8 Å². The standard InChI is InChI=1S/C19H26N4OS2/c1-3-14-7-4-5-11-22(14)18(24)13(2)26-19-21-20-17(16-8-6-12-25-16)23(19)15-9-10-15/h6,8,12-15H,3-5,7,9-11H2,1-2H3. The van der Waals surface area contributed by atoms with Crippen molar-refractivity contribution in [3.05, 3.63) is 17.5 Å². The average Bonchev–Trinajstić information content (AvgIpc) is 3.19. The van der Waals surface area contributed by atoms with Gasteiger partial charge in [0.15, 0.2) is 11.0 Å². The highest BCUT2D eigenvalue weighted by atomic mass is 32.2. The normalized spacial score (nSPS) is 21.8. The van der Waals surface area contributed by atoms with Gasteiger partial charge in [0.2, 0.25) is 5.91 Å². The number of hydrogen-bond donors (Lipinski definition) is 0. The number of nitrogens with zero attached hydrogens (tertiary/aromatic N) is 4. The van der Waals surface area contributed by atoms with E-state index in [-0.39, 0.29) is 11.2 Å². The lowest BCUT2D eigenvalue weighted by atomic mass is 10.00. The SMILES string of the molecule is CCC1CCCCN1C(=O)C(C)Sc1nnc(-c2cccs2)n1C1CC1. The Bertz CT molecular complexity index is 754. The van der Waals surface area contributed by atoms with Crippen LogP contribution in [0.25, 0.3) is 10.7 Å². The quantitative estimate of drug-likeness (QED) is 0.676. The Morgan fingerprint density at radius 2 is 2.19 bits per heavy atom. The van der Waals surface area contributed by atoms with Crippen molar-refractivity contribution >= 4 is 29.0 Å². The van der Waals surface area contributed by atoms with Crippen LogP contribution in [-0.2, 0) is 4.79 Å². The molecule has 1 saturated heterocycles. The monoisotopic (exact) mass is 390 g/mol. The summed E-state index contributed by atoms with van der Waals surface area (Å²) in [7, 11) is 0. The molecule has 26 heavy (non-hydrogen) atoms. The first-order valence-corrected chi connectivity index (χ1v) is 11.4. The molecule has 0 N–H and O–H groups in total. The number of likely N-dealkylation sites (tertiary alicyclic amines) is 1. The lowest BCUT2D eigenvalue weighted by Gasteiger charge is -2.36. The van der Waals surface area contributed by atoms with E-state index in [2.05, 4.69) is 38.0 Å². The minimum Gasteiger partial charge on any atom is -0.339 e. The van der Waals surface area contributed by atoms with Gasteiger partial charge >= 0.3 is 0 Å². The van der Waals surface area contributed by atoms with Gasteiger partial charge in [-0.15, -0.1) is 21.5 Å². The van der Waals surface area contributed by atoms with Crippen LogP contribution in [0.4, 0.5) is 0 Å². The van der Waals surface area contributed by atoms with Gasteiger partial charge in [0.05, 0.1) is 10.1 Å². The molecule has 1 amide bonds. The summed E-state index contributed by atoms with van der Waals surface area (Å²) in [5.41, 5.74) is 0. The van der Waals surface area contributed by atoms with E-state index in [9.17, 15) is 4.79 Å². The summed E-state index contributed by atoms with van der Waals surface area (Å²) < 4.78 is 2.26. The third-order valence-corrected chi connectivity index (χ3v) is 7.24. The number of thioether (sulfide) groups is 1. The van der Waals surface area contributed by atoms with E-state index in [4.69, 9.17) is 0 Å². The molecule has 4 rings (SSSR count). The Morgan fingerprint density at radius 3 is 2.88 bits per heavy atom. The highest BCUT2D eigenvalue weighted by molar-refractivity contribution is 8.00. The zero-order valence-corrected chi connectivity index (χ0v) is 17.1. The zero-order chi connectivity index (χ0) is 18.1. The fraction of sp³-hybridized carbons (Fsp3) is 0.632. The summed E-state index contributed by atoms with van der Waals surface area (Å²) >= 11 is 3.27. The summed E-state index contributed by atoms with van der Waals surface area (Å²) in [4.78, 5) is 16.3. The predicted molar refractivity (Wildman–Crippen MR) is 107 cm³/mol. The fourth-order valence-electron chi connectivity index (χ4n) is 3.75. The van der Waals surface area contributed by atoms with Crippen molar-refractivity contribution in [3.8, 4) is 10.7 Å². The van der Waals surface area contributed by atoms with Gasteiger partial charge in [0.1, 0.15) is 0 Å². The molecule has 2 aromatic rings. The molecule has 2 aliphatic rings. The minimum atomic E-state index is -0.125. The number of carbonyl (C=O) groups is 1. The van der Waals surface area contributed by atoms with Crippen molar-refractivity contribution in [1.29, 1.82) is 0 Å². The second-order valence-corrected chi connectivity index (χ2v) is 9.49. The summed E-state index contributed by atoms with van der Waals surface area (Å²) in [6, 6.07) is 5.04. The van der Waals surface area contributed by atoms with Gasteiger partial charge in [-0.3, -0.25) is 9.36 Å². The highest BCUT2D eigenvalue weighted by Crippen LogP contribution is 2.42. The van der Waals surface area contributed by atoms with E-state index in [1.165, 1.54) is 19.3 Å². The van der Waals surface area contributed by atoms with Gasteiger partial charge in [0, 0.05) is 18.6 Å². The third kappa shape index (κ3) is 3.56. The van der Waals surface area contributed by atoms with E-state index < -0.39 is 0 Å². The second kappa shape index (κ2) is 7.72. The minimum absolute atomic E-state index is 0.125. The molecular formula is C19H26N4OS2. The van der Waals surface area contributed by atoms with Gasteiger partial charge < -0.3 is 4.90 Å². The molecule has 1 aliphatic carbocycles. The van der Waals surface area contributed by atoms with Crippen molar-refractivity contribution in [2.75, 3.05) is 6.54 Å². The van der Waals surface area contributed by atoms with Crippen LogP contribution < -0.4 is 0 Å². The smallest absolute Gasteiger partial charge is 0.236 e. The van der Waals surface area contributed by atoms with Gasteiger partial charge in [-0.2, -0.15) is 0 Å².